The van der Waals surface area contributed by atoms with Crippen LogP contribution in [0.2, 0.25) is 0 Å². The van der Waals surface area contributed by atoms with Gasteiger partial charge < -0.3 is 19.3 Å². The zero-order valence-electron chi connectivity index (χ0n) is 11.0. The Kier molecular flexibility index (Phi) is 3.74. The van der Waals surface area contributed by atoms with Crippen molar-refractivity contribution in [2.24, 2.45) is 0 Å². The van der Waals surface area contributed by atoms with E-state index >= 15 is 0 Å². The summed E-state index contributed by atoms with van der Waals surface area (Å²) < 4.78 is 16.3. The molecule has 20 heavy (non-hydrogen) atoms. The summed E-state index contributed by atoms with van der Waals surface area (Å²) in [5.74, 6) is 2.24. The normalized spacial score (nSPS) is 12.4. The average Bonchev–Trinajstić information content (AvgIpc) is 2.94. The third kappa shape index (κ3) is 2.86. The fourth-order valence-corrected chi connectivity index (χ4v) is 2.06. The molecule has 0 aromatic heterocycles. The minimum atomic E-state index is 0.174. The molecule has 0 spiro atoms. The minimum absolute atomic E-state index is 0.174. The second kappa shape index (κ2) is 5.84. The van der Waals surface area contributed by atoms with Crippen molar-refractivity contribution in [2.45, 2.75) is 13.0 Å². The van der Waals surface area contributed by atoms with Crippen LogP contribution in [0.4, 0.5) is 0 Å². The van der Waals surface area contributed by atoms with E-state index in [1.54, 1.807) is 0 Å². The fraction of sp³-hybridized carbons (Fsp3) is 0.250. The van der Waals surface area contributed by atoms with Gasteiger partial charge in [0.2, 0.25) is 6.79 Å². The highest BCUT2D eigenvalue weighted by Gasteiger charge is 2.13. The Morgan fingerprint density at radius 3 is 2.50 bits per heavy atom. The van der Waals surface area contributed by atoms with E-state index in [9.17, 15) is 0 Å². The van der Waals surface area contributed by atoms with Gasteiger partial charge in [0.1, 0.15) is 12.4 Å². The molecule has 0 atom stereocenters. The summed E-state index contributed by atoms with van der Waals surface area (Å²) >= 11 is 0. The molecule has 3 rings (SSSR count). The largest absolute Gasteiger partial charge is 0.489 e. The van der Waals surface area contributed by atoms with Gasteiger partial charge in [-0.05, 0) is 29.7 Å². The van der Waals surface area contributed by atoms with E-state index in [2.05, 4.69) is 0 Å². The second-order valence-corrected chi connectivity index (χ2v) is 4.59. The van der Waals surface area contributed by atoms with Crippen molar-refractivity contribution in [3.8, 4) is 17.2 Å². The first-order chi connectivity index (χ1) is 9.85. The van der Waals surface area contributed by atoms with Gasteiger partial charge in [-0.25, -0.2) is 0 Å². The quantitative estimate of drug-likeness (QED) is 0.908. The zero-order chi connectivity index (χ0) is 13.8. The summed E-state index contributed by atoms with van der Waals surface area (Å²) in [5.41, 5.74) is 2.21. The van der Waals surface area contributed by atoms with Crippen molar-refractivity contribution in [3.05, 3.63) is 53.6 Å². The van der Waals surface area contributed by atoms with Gasteiger partial charge in [-0.3, -0.25) is 0 Å². The average molecular weight is 272 g/mol. The Hall–Kier alpha value is -2.20. The van der Waals surface area contributed by atoms with Crippen molar-refractivity contribution in [1.29, 1.82) is 0 Å². The van der Waals surface area contributed by atoms with Gasteiger partial charge in [0.15, 0.2) is 11.5 Å². The molecule has 0 saturated carbocycles. The smallest absolute Gasteiger partial charge is 0.231 e. The first-order valence-electron chi connectivity index (χ1n) is 6.56. The monoisotopic (exact) mass is 272 g/mol. The second-order valence-electron chi connectivity index (χ2n) is 4.59. The predicted molar refractivity (Wildman–Crippen MR) is 74.1 cm³/mol. The van der Waals surface area contributed by atoms with E-state index < -0.39 is 0 Å². The molecule has 1 aliphatic rings. The van der Waals surface area contributed by atoms with Crippen molar-refractivity contribution >= 4 is 0 Å². The Labute approximate surface area is 117 Å². The molecule has 1 heterocycles. The van der Waals surface area contributed by atoms with Crippen molar-refractivity contribution in [2.75, 3.05) is 13.4 Å². The summed E-state index contributed by atoms with van der Waals surface area (Å²) in [4.78, 5) is 0. The molecule has 2 aromatic carbocycles. The van der Waals surface area contributed by atoms with Crippen LogP contribution in [0.15, 0.2) is 42.5 Å². The van der Waals surface area contributed by atoms with Crippen molar-refractivity contribution in [1.82, 2.24) is 0 Å². The molecule has 2 aromatic rings. The molecule has 104 valence electrons. The molecule has 4 nitrogen and oxygen atoms in total. The molecular weight excluding hydrogens is 256 g/mol. The van der Waals surface area contributed by atoms with E-state index in [1.807, 2.05) is 42.5 Å². The van der Waals surface area contributed by atoms with E-state index in [0.717, 1.165) is 28.4 Å². The fourth-order valence-electron chi connectivity index (χ4n) is 2.06. The maximum atomic E-state index is 8.87. The highest BCUT2D eigenvalue weighted by Crippen LogP contribution is 2.35. The predicted octanol–water partition coefficient (Wildman–Crippen LogP) is 2.53. The van der Waals surface area contributed by atoms with Crippen LogP contribution in [0.25, 0.3) is 0 Å². The first-order valence-corrected chi connectivity index (χ1v) is 6.56. The molecular formula is C16H16O4. The highest BCUT2D eigenvalue weighted by atomic mass is 16.7. The van der Waals surface area contributed by atoms with E-state index in [0.29, 0.717) is 13.0 Å². The number of hydrogen-bond donors (Lipinski definition) is 1. The lowest BCUT2D eigenvalue weighted by atomic mass is 10.1. The SMILES string of the molecule is OCCc1ccc(COc2ccc3c(c2)OCO3)cc1. The Morgan fingerprint density at radius 2 is 1.70 bits per heavy atom. The van der Waals surface area contributed by atoms with Gasteiger partial charge in [0, 0.05) is 12.7 Å². The maximum Gasteiger partial charge on any atom is 0.231 e. The van der Waals surface area contributed by atoms with E-state index in [-0.39, 0.29) is 13.4 Å². The molecule has 4 heteroatoms. The van der Waals surface area contributed by atoms with Crippen LogP contribution >= 0.6 is 0 Å². The molecule has 0 aliphatic carbocycles. The lowest BCUT2D eigenvalue weighted by Gasteiger charge is -2.07. The van der Waals surface area contributed by atoms with Crippen LogP contribution in [-0.2, 0) is 13.0 Å². The highest BCUT2D eigenvalue weighted by molar-refractivity contribution is 5.46. The lowest BCUT2D eigenvalue weighted by molar-refractivity contribution is 0.173. The lowest BCUT2D eigenvalue weighted by Crippen LogP contribution is -1.96. The van der Waals surface area contributed by atoms with Gasteiger partial charge in [-0.2, -0.15) is 0 Å². The van der Waals surface area contributed by atoms with Gasteiger partial charge in [-0.1, -0.05) is 24.3 Å². The Bertz CT molecular complexity index is 578. The molecule has 0 saturated heterocycles. The molecule has 0 bridgehead atoms. The molecule has 1 N–H and O–H groups in total. The number of benzene rings is 2. The van der Waals surface area contributed by atoms with Crippen LogP contribution < -0.4 is 14.2 Å². The summed E-state index contributed by atoms with van der Waals surface area (Å²) in [6.07, 6.45) is 0.684. The van der Waals surface area contributed by atoms with Crippen LogP contribution in [-0.4, -0.2) is 18.5 Å². The summed E-state index contributed by atoms with van der Waals surface area (Å²) in [6.45, 7) is 0.942. The number of hydrogen-bond acceptors (Lipinski definition) is 4. The summed E-state index contributed by atoms with van der Waals surface area (Å²) in [5, 5.41) is 8.87. The van der Waals surface area contributed by atoms with E-state index in [4.69, 9.17) is 19.3 Å². The molecule has 0 amide bonds. The van der Waals surface area contributed by atoms with Crippen molar-refractivity contribution < 1.29 is 19.3 Å². The third-order valence-corrected chi connectivity index (χ3v) is 3.17. The van der Waals surface area contributed by atoms with Crippen LogP contribution in [0.3, 0.4) is 0 Å². The van der Waals surface area contributed by atoms with Crippen LogP contribution in [0.1, 0.15) is 11.1 Å². The van der Waals surface area contributed by atoms with E-state index in [1.165, 1.54) is 0 Å². The topological polar surface area (TPSA) is 47.9 Å². The van der Waals surface area contributed by atoms with Crippen LogP contribution in [0, 0.1) is 0 Å². The Morgan fingerprint density at radius 1 is 0.950 bits per heavy atom. The summed E-state index contributed by atoms with van der Waals surface area (Å²) in [6, 6.07) is 13.6. The third-order valence-electron chi connectivity index (χ3n) is 3.17. The number of rotatable bonds is 5. The molecule has 0 unspecified atom stereocenters. The minimum Gasteiger partial charge on any atom is -0.489 e. The number of fused-ring (bicyclic) bond motifs is 1. The maximum absolute atomic E-state index is 8.87. The number of aliphatic hydroxyl groups excluding tert-OH is 1. The molecule has 0 fully saturated rings. The number of aliphatic hydroxyl groups is 1. The van der Waals surface area contributed by atoms with Gasteiger partial charge in [-0.15, -0.1) is 0 Å². The molecule has 1 aliphatic heterocycles. The summed E-state index contributed by atoms with van der Waals surface area (Å²) in [7, 11) is 0. The standard InChI is InChI=1S/C16H16O4/c17-8-7-12-1-3-13(4-2-12)10-18-14-5-6-15-16(9-14)20-11-19-15/h1-6,9,17H,7-8,10-11H2. The van der Waals surface area contributed by atoms with Crippen molar-refractivity contribution in [3.63, 3.8) is 0 Å². The zero-order valence-corrected chi connectivity index (χ0v) is 11.0. The van der Waals surface area contributed by atoms with Gasteiger partial charge in [0.25, 0.3) is 0 Å². The Balaban J connectivity index is 1.61. The number of ether oxygens (including phenoxy) is 3. The van der Waals surface area contributed by atoms with Gasteiger partial charge >= 0.3 is 0 Å². The van der Waals surface area contributed by atoms with Gasteiger partial charge in [0.05, 0.1) is 0 Å². The molecule has 0 radical (unpaired) electrons. The van der Waals surface area contributed by atoms with Crippen LogP contribution in [0.5, 0.6) is 17.2 Å². The first kappa shape index (κ1) is 12.8.